The predicted molar refractivity (Wildman–Crippen MR) is 72.2 cm³/mol. The highest BCUT2D eigenvalue weighted by Crippen LogP contribution is 2.34. The molecule has 0 aliphatic heterocycles. The smallest absolute Gasteiger partial charge is 0.124 e. The molecular weight excluding hydrogens is 196 g/mol. The summed E-state index contributed by atoms with van der Waals surface area (Å²) in [5, 5.41) is 10.00. The summed E-state index contributed by atoms with van der Waals surface area (Å²) in [5.41, 5.74) is 5.31. The fourth-order valence-electron chi connectivity index (χ4n) is 1.66. The minimum Gasteiger partial charge on any atom is -0.507 e. The molecule has 1 heteroatoms. The highest BCUT2D eigenvalue weighted by molar-refractivity contribution is 5.82. The lowest BCUT2D eigenvalue weighted by atomic mass is 9.92. The van der Waals surface area contributed by atoms with Gasteiger partial charge in [-0.2, -0.15) is 0 Å². The van der Waals surface area contributed by atoms with Gasteiger partial charge in [-0.15, -0.1) is 0 Å². The van der Waals surface area contributed by atoms with Gasteiger partial charge in [-0.05, 0) is 49.6 Å². The number of phenolic OH excluding ortho intramolecular Hbond substituents is 1. The molecule has 0 saturated heterocycles. The fourth-order valence-corrected chi connectivity index (χ4v) is 1.66. The van der Waals surface area contributed by atoms with Crippen LogP contribution in [0.1, 0.15) is 37.5 Å². The average molecular weight is 214 g/mol. The van der Waals surface area contributed by atoms with Gasteiger partial charge < -0.3 is 5.11 Å². The van der Waals surface area contributed by atoms with Gasteiger partial charge in [-0.3, -0.25) is 0 Å². The van der Waals surface area contributed by atoms with E-state index in [9.17, 15) is 5.11 Å². The predicted octanol–water partition coefficient (Wildman–Crippen LogP) is 4.49. The van der Waals surface area contributed by atoms with E-state index in [1.54, 1.807) is 6.07 Å². The molecule has 0 atom stereocenters. The fraction of sp³-hybridized carbons (Fsp3) is 0.200. The zero-order valence-corrected chi connectivity index (χ0v) is 10.2. The number of rotatable bonds is 3. The second-order valence-electron chi connectivity index (χ2n) is 4.26. The number of phenols is 1. The standard InChI is InChI=1S/C15H18O/c1-9(2)12-7-13(10(3)4)15(11(5)6)14(16)8-12/h7-8,16H,1,3,5H2,2,4,6H3. The highest BCUT2D eigenvalue weighted by atomic mass is 16.3. The Balaban J connectivity index is 3.58. The maximum absolute atomic E-state index is 10.00. The van der Waals surface area contributed by atoms with E-state index in [1.165, 1.54) is 0 Å². The Morgan fingerprint density at radius 1 is 0.938 bits per heavy atom. The molecule has 1 rings (SSSR count). The third kappa shape index (κ3) is 2.25. The molecule has 0 saturated carbocycles. The van der Waals surface area contributed by atoms with Crippen molar-refractivity contribution in [2.75, 3.05) is 0 Å². The van der Waals surface area contributed by atoms with E-state index in [0.717, 1.165) is 33.4 Å². The van der Waals surface area contributed by atoms with Crippen LogP contribution in [0.2, 0.25) is 0 Å². The van der Waals surface area contributed by atoms with Crippen LogP contribution in [0.3, 0.4) is 0 Å². The molecule has 0 aromatic heterocycles. The molecule has 0 aliphatic rings. The van der Waals surface area contributed by atoms with Gasteiger partial charge in [0.2, 0.25) is 0 Å². The molecule has 0 unspecified atom stereocenters. The maximum atomic E-state index is 10.00. The van der Waals surface area contributed by atoms with Gasteiger partial charge in [-0.25, -0.2) is 0 Å². The summed E-state index contributed by atoms with van der Waals surface area (Å²) >= 11 is 0. The van der Waals surface area contributed by atoms with Crippen LogP contribution < -0.4 is 0 Å². The zero-order valence-electron chi connectivity index (χ0n) is 10.2. The van der Waals surface area contributed by atoms with Crippen LogP contribution in [0.25, 0.3) is 16.7 Å². The van der Waals surface area contributed by atoms with Gasteiger partial charge in [0.1, 0.15) is 5.75 Å². The topological polar surface area (TPSA) is 20.2 Å². The minimum atomic E-state index is 0.242. The Hall–Kier alpha value is -1.76. The van der Waals surface area contributed by atoms with Crippen LogP contribution in [0.15, 0.2) is 31.9 Å². The van der Waals surface area contributed by atoms with E-state index < -0.39 is 0 Å². The monoisotopic (exact) mass is 214 g/mol. The lowest BCUT2D eigenvalue weighted by Gasteiger charge is -2.14. The van der Waals surface area contributed by atoms with Crippen molar-refractivity contribution in [1.82, 2.24) is 0 Å². The van der Waals surface area contributed by atoms with Crippen LogP contribution in [0.5, 0.6) is 5.75 Å². The lowest BCUT2D eigenvalue weighted by molar-refractivity contribution is 0.473. The molecule has 1 aromatic carbocycles. The van der Waals surface area contributed by atoms with Crippen molar-refractivity contribution < 1.29 is 5.11 Å². The van der Waals surface area contributed by atoms with Crippen LogP contribution in [-0.4, -0.2) is 5.11 Å². The average Bonchev–Trinajstić information content (AvgIpc) is 2.15. The number of aromatic hydroxyl groups is 1. The molecule has 1 aromatic rings. The summed E-state index contributed by atoms with van der Waals surface area (Å²) in [5.74, 6) is 0.242. The Labute approximate surface area is 97.4 Å². The van der Waals surface area contributed by atoms with E-state index in [0.29, 0.717) is 0 Å². The molecule has 0 heterocycles. The van der Waals surface area contributed by atoms with Gasteiger partial charge in [0.25, 0.3) is 0 Å². The van der Waals surface area contributed by atoms with E-state index in [4.69, 9.17) is 0 Å². The first kappa shape index (κ1) is 12.3. The summed E-state index contributed by atoms with van der Waals surface area (Å²) in [6.45, 7) is 17.4. The van der Waals surface area contributed by atoms with E-state index >= 15 is 0 Å². The second kappa shape index (κ2) is 4.40. The van der Waals surface area contributed by atoms with E-state index in [-0.39, 0.29) is 5.75 Å². The Kier molecular flexibility index (Phi) is 3.38. The first-order valence-corrected chi connectivity index (χ1v) is 5.19. The summed E-state index contributed by atoms with van der Waals surface area (Å²) in [7, 11) is 0. The molecule has 0 amide bonds. The third-order valence-corrected chi connectivity index (χ3v) is 2.50. The molecule has 84 valence electrons. The normalized spacial score (nSPS) is 9.94. The van der Waals surface area contributed by atoms with E-state index in [1.807, 2.05) is 26.8 Å². The van der Waals surface area contributed by atoms with Gasteiger partial charge in [0.15, 0.2) is 0 Å². The van der Waals surface area contributed by atoms with Gasteiger partial charge in [-0.1, -0.05) is 30.9 Å². The molecule has 1 nitrogen and oxygen atoms in total. The zero-order chi connectivity index (χ0) is 12.5. The Bertz CT molecular complexity index is 478. The summed E-state index contributed by atoms with van der Waals surface area (Å²) in [6.07, 6.45) is 0. The minimum absolute atomic E-state index is 0.242. The molecule has 0 fully saturated rings. The Morgan fingerprint density at radius 2 is 1.50 bits per heavy atom. The third-order valence-electron chi connectivity index (χ3n) is 2.50. The van der Waals surface area contributed by atoms with Gasteiger partial charge in [0.05, 0.1) is 0 Å². The van der Waals surface area contributed by atoms with Gasteiger partial charge in [0, 0.05) is 5.56 Å². The summed E-state index contributed by atoms with van der Waals surface area (Å²) in [4.78, 5) is 0. The number of allylic oxidation sites excluding steroid dienone is 3. The highest BCUT2D eigenvalue weighted by Gasteiger charge is 2.11. The number of hydrogen-bond acceptors (Lipinski definition) is 1. The first-order chi connectivity index (χ1) is 7.34. The quantitative estimate of drug-likeness (QED) is 0.785. The summed E-state index contributed by atoms with van der Waals surface area (Å²) in [6, 6.07) is 3.72. The molecule has 0 radical (unpaired) electrons. The second-order valence-corrected chi connectivity index (χ2v) is 4.26. The molecular formula is C15H18O. The van der Waals surface area contributed by atoms with Crippen molar-refractivity contribution in [3.63, 3.8) is 0 Å². The first-order valence-electron chi connectivity index (χ1n) is 5.19. The SMILES string of the molecule is C=C(C)c1cc(O)c(C(=C)C)c(C(=C)C)c1. The van der Waals surface area contributed by atoms with Crippen LogP contribution >= 0.6 is 0 Å². The number of hydrogen-bond donors (Lipinski definition) is 1. The molecule has 0 bridgehead atoms. The van der Waals surface area contributed by atoms with Gasteiger partial charge >= 0.3 is 0 Å². The van der Waals surface area contributed by atoms with Crippen LogP contribution in [0, 0.1) is 0 Å². The lowest BCUT2D eigenvalue weighted by Crippen LogP contribution is -1.92. The molecule has 16 heavy (non-hydrogen) atoms. The van der Waals surface area contributed by atoms with Crippen molar-refractivity contribution in [2.45, 2.75) is 20.8 Å². The largest absolute Gasteiger partial charge is 0.507 e. The van der Waals surface area contributed by atoms with Crippen molar-refractivity contribution in [1.29, 1.82) is 0 Å². The van der Waals surface area contributed by atoms with E-state index in [2.05, 4.69) is 19.7 Å². The van der Waals surface area contributed by atoms with Crippen molar-refractivity contribution in [3.8, 4) is 5.75 Å². The molecule has 1 N–H and O–H groups in total. The molecule has 0 aliphatic carbocycles. The van der Waals surface area contributed by atoms with Crippen LogP contribution in [0.4, 0.5) is 0 Å². The van der Waals surface area contributed by atoms with Crippen molar-refractivity contribution in [3.05, 3.63) is 48.6 Å². The summed E-state index contributed by atoms with van der Waals surface area (Å²) < 4.78 is 0. The van der Waals surface area contributed by atoms with Crippen LogP contribution in [-0.2, 0) is 0 Å². The number of benzene rings is 1. The molecule has 0 spiro atoms. The van der Waals surface area contributed by atoms with Crippen molar-refractivity contribution >= 4 is 16.7 Å². The Morgan fingerprint density at radius 3 is 1.88 bits per heavy atom. The van der Waals surface area contributed by atoms with Crippen molar-refractivity contribution in [2.24, 2.45) is 0 Å². The maximum Gasteiger partial charge on any atom is 0.124 e.